The predicted molar refractivity (Wildman–Crippen MR) is 103 cm³/mol. The fourth-order valence-electron chi connectivity index (χ4n) is 3.40. The molecule has 0 saturated heterocycles. The number of pyridine rings is 1. The molecule has 0 aliphatic heterocycles. The molecule has 0 unspecified atom stereocenters. The van der Waals surface area contributed by atoms with Crippen molar-refractivity contribution in [2.45, 2.75) is 20.0 Å². The Hall–Kier alpha value is -3.93. The largest absolute Gasteiger partial charge is 0.508 e. The molecule has 0 amide bonds. The van der Waals surface area contributed by atoms with Gasteiger partial charge in [0.2, 0.25) is 5.82 Å². The summed E-state index contributed by atoms with van der Waals surface area (Å²) < 4.78 is 38.1. The van der Waals surface area contributed by atoms with Crippen LogP contribution in [0.1, 0.15) is 22.5 Å². The minimum Gasteiger partial charge on any atom is -0.508 e. The van der Waals surface area contributed by atoms with E-state index in [0.29, 0.717) is 44.5 Å². The molecular weight excluding hydrogens is 395 g/mol. The van der Waals surface area contributed by atoms with E-state index < -0.39 is 12.0 Å². The summed E-state index contributed by atoms with van der Waals surface area (Å²) in [5.41, 5.74) is 4.27. The Morgan fingerprint density at radius 3 is 2.40 bits per heavy atom. The first kappa shape index (κ1) is 19.4. The van der Waals surface area contributed by atoms with Gasteiger partial charge in [0.1, 0.15) is 17.5 Å². The van der Waals surface area contributed by atoms with Crippen molar-refractivity contribution in [1.29, 1.82) is 5.26 Å². The maximum atomic E-state index is 12.7. The normalized spacial score (nSPS) is 11.6. The number of phenols is 1. The lowest BCUT2D eigenvalue weighted by Gasteiger charge is -2.13. The summed E-state index contributed by atoms with van der Waals surface area (Å²) in [5, 5.41) is 20.4. The van der Waals surface area contributed by atoms with Gasteiger partial charge in [-0.05, 0) is 42.7 Å². The van der Waals surface area contributed by atoms with E-state index in [9.17, 15) is 23.5 Å². The molecule has 6 nitrogen and oxygen atoms in total. The highest BCUT2D eigenvalue weighted by atomic mass is 19.4. The first-order chi connectivity index (χ1) is 14.2. The van der Waals surface area contributed by atoms with Gasteiger partial charge in [-0.2, -0.15) is 18.4 Å². The Kier molecular flexibility index (Phi) is 4.42. The number of aromatic nitrogens is 4. The number of H-pyrrole nitrogens is 1. The van der Waals surface area contributed by atoms with Crippen LogP contribution in [0.2, 0.25) is 0 Å². The Bertz CT molecular complexity index is 1320. The highest BCUT2D eigenvalue weighted by Gasteiger charge is 2.34. The van der Waals surface area contributed by atoms with Crippen molar-refractivity contribution in [2.75, 3.05) is 0 Å². The predicted octanol–water partition coefficient (Wildman–Crippen LogP) is 4.90. The fourth-order valence-corrected chi connectivity index (χ4v) is 3.40. The second kappa shape index (κ2) is 6.84. The first-order valence-corrected chi connectivity index (χ1v) is 8.81. The third-order valence-electron chi connectivity index (χ3n) is 4.90. The summed E-state index contributed by atoms with van der Waals surface area (Å²) in [6, 6.07) is 7.16. The number of alkyl halides is 3. The number of aryl methyl sites for hydroxylation is 1. The third kappa shape index (κ3) is 3.12. The number of aromatic hydroxyl groups is 1. The molecule has 0 fully saturated rings. The zero-order chi connectivity index (χ0) is 21.6. The molecule has 4 aromatic rings. The van der Waals surface area contributed by atoms with Crippen molar-refractivity contribution in [3.05, 3.63) is 59.3 Å². The molecule has 4 rings (SSSR count). The van der Waals surface area contributed by atoms with Gasteiger partial charge in [0.15, 0.2) is 0 Å². The average molecular weight is 409 g/mol. The van der Waals surface area contributed by atoms with E-state index in [4.69, 9.17) is 0 Å². The molecule has 3 heterocycles. The minimum atomic E-state index is -4.62. The van der Waals surface area contributed by atoms with Crippen LogP contribution in [0.5, 0.6) is 5.75 Å². The van der Waals surface area contributed by atoms with Gasteiger partial charge in [0.05, 0.1) is 11.3 Å². The van der Waals surface area contributed by atoms with Gasteiger partial charge >= 0.3 is 6.18 Å². The van der Waals surface area contributed by atoms with Gasteiger partial charge in [0.25, 0.3) is 0 Å². The van der Waals surface area contributed by atoms with Crippen molar-refractivity contribution in [1.82, 2.24) is 19.9 Å². The van der Waals surface area contributed by atoms with Crippen LogP contribution < -0.4 is 0 Å². The smallest absolute Gasteiger partial charge is 0.451 e. The van der Waals surface area contributed by atoms with Gasteiger partial charge in [-0.15, -0.1) is 0 Å². The number of halogens is 3. The Morgan fingerprint density at radius 1 is 1.07 bits per heavy atom. The molecule has 30 heavy (non-hydrogen) atoms. The molecule has 9 heteroatoms. The number of nitriles is 1. The second-order valence-corrected chi connectivity index (χ2v) is 6.80. The topological polar surface area (TPSA) is 98.5 Å². The summed E-state index contributed by atoms with van der Waals surface area (Å²) in [6.45, 7) is 3.63. The lowest BCUT2D eigenvalue weighted by molar-refractivity contribution is -0.144. The van der Waals surface area contributed by atoms with Crippen molar-refractivity contribution in [3.8, 4) is 34.2 Å². The van der Waals surface area contributed by atoms with Gasteiger partial charge in [-0.3, -0.25) is 0 Å². The van der Waals surface area contributed by atoms with E-state index >= 15 is 0 Å². The van der Waals surface area contributed by atoms with Crippen LogP contribution in [0, 0.1) is 25.2 Å². The van der Waals surface area contributed by atoms with Crippen molar-refractivity contribution in [3.63, 3.8) is 0 Å². The molecule has 0 spiro atoms. The molecule has 0 saturated carbocycles. The molecule has 0 aliphatic carbocycles. The van der Waals surface area contributed by atoms with Crippen LogP contribution in [0.4, 0.5) is 13.2 Å². The summed E-state index contributed by atoms with van der Waals surface area (Å²) in [6.07, 6.45) is -0.951. The molecule has 0 radical (unpaired) electrons. The molecule has 150 valence electrons. The van der Waals surface area contributed by atoms with Crippen LogP contribution in [-0.4, -0.2) is 25.0 Å². The summed E-state index contributed by atoms with van der Waals surface area (Å²) in [4.78, 5) is 14.1. The standard InChI is InChI=1S/C21H14F3N5O/c1-10-3-4-17(30)11(2)18(10)15-9-26-19-13(14(15)6-25)5-16(29-19)12-7-27-20(28-8-12)21(22,23)24/h3-5,7-9,30H,1-2H3,(H,26,29). The molecule has 1 aromatic carbocycles. The van der Waals surface area contributed by atoms with E-state index in [1.54, 1.807) is 31.3 Å². The maximum Gasteiger partial charge on any atom is 0.451 e. The zero-order valence-corrected chi connectivity index (χ0v) is 15.8. The second-order valence-electron chi connectivity index (χ2n) is 6.80. The van der Waals surface area contributed by atoms with Crippen LogP contribution in [0.3, 0.4) is 0 Å². The monoisotopic (exact) mass is 409 g/mol. The fraction of sp³-hybridized carbons (Fsp3) is 0.143. The Morgan fingerprint density at radius 2 is 1.77 bits per heavy atom. The summed E-state index contributed by atoms with van der Waals surface area (Å²) in [5.74, 6) is -1.12. The summed E-state index contributed by atoms with van der Waals surface area (Å²) >= 11 is 0. The number of nitrogens with one attached hydrogen (secondary N) is 1. The van der Waals surface area contributed by atoms with E-state index in [-0.39, 0.29) is 5.75 Å². The minimum absolute atomic E-state index is 0.108. The highest BCUT2D eigenvalue weighted by molar-refractivity contribution is 5.94. The van der Waals surface area contributed by atoms with Crippen LogP contribution in [0.15, 0.2) is 36.8 Å². The number of rotatable bonds is 2. The third-order valence-corrected chi connectivity index (χ3v) is 4.90. The highest BCUT2D eigenvalue weighted by Crippen LogP contribution is 2.37. The van der Waals surface area contributed by atoms with Crippen molar-refractivity contribution in [2.24, 2.45) is 0 Å². The van der Waals surface area contributed by atoms with E-state index in [1.807, 2.05) is 6.92 Å². The number of fused-ring (bicyclic) bond motifs is 1. The zero-order valence-electron chi connectivity index (χ0n) is 15.8. The average Bonchev–Trinajstić information content (AvgIpc) is 3.15. The molecule has 2 N–H and O–H groups in total. The number of aromatic amines is 1. The molecule has 0 atom stereocenters. The lowest BCUT2D eigenvalue weighted by atomic mass is 9.92. The van der Waals surface area contributed by atoms with Crippen molar-refractivity contribution < 1.29 is 18.3 Å². The quantitative estimate of drug-likeness (QED) is 0.491. The van der Waals surface area contributed by atoms with Gasteiger partial charge in [0, 0.05) is 35.1 Å². The number of nitrogens with zero attached hydrogens (tertiary/aromatic N) is 4. The molecule has 0 bridgehead atoms. The van der Waals surface area contributed by atoms with Gasteiger partial charge in [-0.1, -0.05) is 6.07 Å². The van der Waals surface area contributed by atoms with Crippen LogP contribution >= 0.6 is 0 Å². The van der Waals surface area contributed by atoms with E-state index in [2.05, 4.69) is 26.0 Å². The number of benzene rings is 1. The van der Waals surface area contributed by atoms with Crippen LogP contribution in [0.25, 0.3) is 33.4 Å². The van der Waals surface area contributed by atoms with Crippen molar-refractivity contribution >= 4 is 11.0 Å². The van der Waals surface area contributed by atoms with E-state index in [0.717, 1.165) is 18.0 Å². The Balaban J connectivity index is 1.88. The van der Waals surface area contributed by atoms with Gasteiger partial charge in [-0.25, -0.2) is 15.0 Å². The molecular formula is C21H14F3N5O. The SMILES string of the molecule is Cc1ccc(O)c(C)c1-c1cnc2[nH]c(-c3cnc(C(F)(F)F)nc3)cc2c1C#N. The summed E-state index contributed by atoms with van der Waals surface area (Å²) in [7, 11) is 0. The molecule has 3 aromatic heterocycles. The first-order valence-electron chi connectivity index (χ1n) is 8.81. The lowest BCUT2D eigenvalue weighted by Crippen LogP contribution is -2.10. The number of hydrogen-bond donors (Lipinski definition) is 2. The Labute approximate surface area is 168 Å². The van der Waals surface area contributed by atoms with Crippen LogP contribution in [-0.2, 0) is 6.18 Å². The van der Waals surface area contributed by atoms with Gasteiger partial charge < -0.3 is 10.1 Å². The molecule has 0 aliphatic rings. The maximum absolute atomic E-state index is 12.7. The number of phenolic OH excluding ortho intramolecular Hbond substituents is 1. The van der Waals surface area contributed by atoms with E-state index in [1.165, 1.54) is 0 Å². The number of hydrogen-bond acceptors (Lipinski definition) is 5.